The van der Waals surface area contributed by atoms with E-state index in [2.05, 4.69) is 4.98 Å². The first kappa shape index (κ1) is 25.2. The Kier molecular flexibility index (Phi) is 7.13. The molecule has 6 nitrogen and oxygen atoms in total. The van der Waals surface area contributed by atoms with E-state index in [9.17, 15) is 22.8 Å². The summed E-state index contributed by atoms with van der Waals surface area (Å²) in [6, 6.07) is 8.13. The molecular formula is C28H29F3N4O2. The van der Waals surface area contributed by atoms with Gasteiger partial charge in [0.05, 0.1) is 23.4 Å². The SMILES string of the molecule is O=C(CC1CCCCC1)CN1CCCn2c1nc(-c1ccncc1)c(-c1cccc(C(F)(F)F)c1)c2=O. The highest BCUT2D eigenvalue weighted by Gasteiger charge is 2.32. The third kappa shape index (κ3) is 5.45. The van der Waals surface area contributed by atoms with Crippen molar-refractivity contribution in [1.29, 1.82) is 0 Å². The van der Waals surface area contributed by atoms with Crippen LogP contribution in [0.4, 0.5) is 19.1 Å². The fourth-order valence-corrected chi connectivity index (χ4v) is 5.48. The van der Waals surface area contributed by atoms with Gasteiger partial charge in [0.2, 0.25) is 5.95 Å². The minimum absolute atomic E-state index is 0.108. The molecule has 2 aliphatic rings. The van der Waals surface area contributed by atoms with Gasteiger partial charge < -0.3 is 4.90 Å². The maximum atomic E-state index is 13.8. The highest BCUT2D eigenvalue weighted by atomic mass is 19.4. The summed E-state index contributed by atoms with van der Waals surface area (Å²) in [5.41, 5.74) is -0.133. The normalized spacial score (nSPS) is 16.5. The molecule has 37 heavy (non-hydrogen) atoms. The molecule has 1 aliphatic heterocycles. The van der Waals surface area contributed by atoms with Crippen molar-refractivity contribution in [2.24, 2.45) is 5.92 Å². The van der Waals surface area contributed by atoms with Crippen molar-refractivity contribution in [3.05, 3.63) is 64.7 Å². The molecule has 0 N–H and O–H groups in total. The molecule has 5 rings (SSSR count). The topological polar surface area (TPSA) is 68.1 Å². The summed E-state index contributed by atoms with van der Waals surface area (Å²) in [6.45, 7) is 1.14. The van der Waals surface area contributed by atoms with Crippen molar-refractivity contribution < 1.29 is 18.0 Å². The predicted molar refractivity (Wildman–Crippen MR) is 135 cm³/mol. The summed E-state index contributed by atoms with van der Waals surface area (Å²) in [4.78, 5) is 37.5. The number of alkyl halides is 3. The van der Waals surface area contributed by atoms with Gasteiger partial charge in [-0.3, -0.25) is 19.1 Å². The lowest BCUT2D eigenvalue weighted by molar-refractivity contribution is -0.137. The molecule has 1 aromatic carbocycles. The fraction of sp³-hybridized carbons (Fsp3) is 0.429. The van der Waals surface area contributed by atoms with E-state index in [-0.39, 0.29) is 29.1 Å². The highest BCUT2D eigenvalue weighted by Crippen LogP contribution is 2.35. The van der Waals surface area contributed by atoms with Gasteiger partial charge in [-0.2, -0.15) is 13.2 Å². The summed E-state index contributed by atoms with van der Waals surface area (Å²) in [5.74, 6) is 0.926. The number of hydrogen-bond donors (Lipinski definition) is 0. The van der Waals surface area contributed by atoms with Crippen LogP contribution < -0.4 is 10.5 Å². The van der Waals surface area contributed by atoms with Crippen molar-refractivity contribution in [1.82, 2.24) is 14.5 Å². The summed E-state index contributed by atoms with van der Waals surface area (Å²) >= 11 is 0. The van der Waals surface area contributed by atoms with Gasteiger partial charge in [0, 0.05) is 37.5 Å². The lowest BCUT2D eigenvalue weighted by atomic mass is 9.86. The van der Waals surface area contributed by atoms with E-state index in [0.29, 0.717) is 43.4 Å². The predicted octanol–water partition coefficient (Wildman–Crippen LogP) is 5.74. The van der Waals surface area contributed by atoms with Gasteiger partial charge >= 0.3 is 6.18 Å². The first-order valence-corrected chi connectivity index (χ1v) is 12.8. The van der Waals surface area contributed by atoms with Gasteiger partial charge in [-0.05, 0) is 42.2 Å². The molecule has 0 radical (unpaired) electrons. The molecule has 194 valence electrons. The van der Waals surface area contributed by atoms with E-state index in [0.717, 1.165) is 37.8 Å². The van der Waals surface area contributed by atoms with Crippen LogP contribution in [0.1, 0.15) is 50.5 Å². The molecule has 9 heteroatoms. The highest BCUT2D eigenvalue weighted by molar-refractivity contribution is 5.84. The van der Waals surface area contributed by atoms with Crippen LogP contribution in [0, 0.1) is 5.92 Å². The zero-order chi connectivity index (χ0) is 26.0. The zero-order valence-corrected chi connectivity index (χ0v) is 20.5. The molecule has 1 aliphatic carbocycles. The summed E-state index contributed by atoms with van der Waals surface area (Å²) in [7, 11) is 0. The molecule has 1 saturated carbocycles. The van der Waals surface area contributed by atoms with E-state index < -0.39 is 17.3 Å². The van der Waals surface area contributed by atoms with Crippen molar-refractivity contribution in [3.63, 3.8) is 0 Å². The number of benzene rings is 1. The molecule has 1 fully saturated rings. The quantitative estimate of drug-likeness (QED) is 0.423. The Balaban J connectivity index is 1.57. The molecule has 3 aromatic rings. The van der Waals surface area contributed by atoms with Gasteiger partial charge in [-0.1, -0.05) is 44.2 Å². The van der Waals surface area contributed by atoms with Gasteiger partial charge in [0.1, 0.15) is 0 Å². The molecule has 0 unspecified atom stereocenters. The lowest BCUT2D eigenvalue weighted by Crippen LogP contribution is -2.42. The number of ketones is 1. The second-order valence-electron chi connectivity index (χ2n) is 9.93. The average molecular weight is 511 g/mol. The number of carbonyl (C=O) groups excluding carboxylic acids is 1. The van der Waals surface area contributed by atoms with Crippen LogP contribution in [0.15, 0.2) is 53.6 Å². The van der Waals surface area contributed by atoms with Crippen LogP contribution in [0.2, 0.25) is 0 Å². The number of aromatic nitrogens is 3. The number of fused-ring (bicyclic) bond motifs is 1. The first-order valence-electron chi connectivity index (χ1n) is 12.8. The van der Waals surface area contributed by atoms with Crippen molar-refractivity contribution in [3.8, 4) is 22.4 Å². The van der Waals surface area contributed by atoms with Crippen LogP contribution in [0.25, 0.3) is 22.4 Å². The maximum absolute atomic E-state index is 13.8. The number of halogens is 3. The van der Waals surface area contributed by atoms with Gasteiger partial charge in [-0.15, -0.1) is 0 Å². The molecule has 3 heterocycles. The smallest absolute Gasteiger partial charge is 0.335 e. The van der Waals surface area contributed by atoms with Gasteiger partial charge in [-0.25, -0.2) is 4.98 Å². The Morgan fingerprint density at radius 3 is 2.46 bits per heavy atom. The van der Waals surface area contributed by atoms with Crippen molar-refractivity contribution in [2.75, 3.05) is 18.0 Å². The van der Waals surface area contributed by atoms with E-state index in [1.54, 1.807) is 24.5 Å². The number of Topliss-reactive ketones (excluding diaryl/α,β-unsaturated/α-hetero) is 1. The first-order chi connectivity index (χ1) is 17.8. The number of nitrogens with zero attached hydrogens (tertiary/aromatic N) is 4. The Morgan fingerprint density at radius 2 is 1.73 bits per heavy atom. The van der Waals surface area contributed by atoms with Crippen LogP contribution in [0.5, 0.6) is 0 Å². The molecule has 2 aromatic heterocycles. The number of rotatable bonds is 6. The van der Waals surface area contributed by atoms with E-state index in [1.807, 2.05) is 4.90 Å². The number of pyridine rings is 1. The standard InChI is InChI=1S/C28H29F3N4O2/c29-28(30,31)22-9-4-8-21(17-22)24-25(20-10-12-32-13-11-20)33-27-34(14-5-15-35(27)26(24)37)18-23(36)16-19-6-2-1-3-7-19/h4,8-13,17,19H,1-3,5-7,14-16,18H2. The van der Waals surface area contributed by atoms with E-state index in [1.165, 1.54) is 23.1 Å². The third-order valence-electron chi connectivity index (χ3n) is 7.28. The molecular weight excluding hydrogens is 481 g/mol. The Morgan fingerprint density at radius 1 is 0.973 bits per heavy atom. The molecule has 0 amide bonds. The van der Waals surface area contributed by atoms with Crippen LogP contribution in [0.3, 0.4) is 0 Å². The lowest BCUT2D eigenvalue weighted by Gasteiger charge is -2.32. The van der Waals surface area contributed by atoms with E-state index >= 15 is 0 Å². The second-order valence-corrected chi connectivity index (χ2v) is 9.93. The summed E-state index contributed by atoms with van der Waals surface area (Å²) in [5, 5.41) is 0. The Labute approximate surface area is 213 Å². The summed E-state index contributed by atoms with van der Waals surface area (Å²) in [6.07, 6.45) is 5.43. The van der Waals surface area contributed by atoms with Gasteiger partial charge in [0.15, 0.2) is 5.78 Å². The minimum atomic E-state index is -4.54. The molecule has 0 atom stereocenters. The average Bonchev–Trinajstić information content (AvgIpc) is 2.89. The van der Waals surface area contributed by atoms with Crippen LogP contribution >= 0.6 is 0 Å². The largest absolute Gasteiger partial charge is 0.416 e. The third-order valence-corrected chi connectivity index (χ3v) is 7.28. The number of carbonyl (C=O) groups is 1. The van der Waals surface area contributed by atoms with Crippen molar-refractivity contribution in [2.45, 2.75) is 57.7 Å². The van der Waals surface area contributed by atoms with Crippen LogP contribution in [-0.4, -0.2) is 33.4 Å². The molecule has 0 saturated heterocycles. The maximum Gasteiger partial charge on any atom is 0.416 e. The number of hydrogen-bond acceptors (Lipinski definition) is 5. The van der Waals surface area contributed by atoms with E-state index in [4.69, 9.17) is 4.98 Å². The second kappa shape index (κ2) is 10.5. The molecule has 0 bridgehead atoms. The minimum Gasteiger partial charge on any atom is -0.335 e. The van der Waals surface area contributed by atoms with Crippen molar-refractivity contribution >= 4 is 11.7 Å². The van der Waals surface area contributed by atoms with Crippen LogP contribution in [-0.2, 0) is 17.5 Å². The summed E-state index contributed by atoms with van der Waals surface area (Å²) < 4.78 is 41.9. The fourth-order valence-electron chi connectivity index (χ4n) is 5.48. The zero-order valence-electron chi connectivity index (χ0n) is 20.5. The van der Waals surface area contributed by atoms with Gasteiger partial charge in [0.25, 0.3) is 5.56 Å². The Hall–Kier alpha value is -3.49. The Bertz CT molecular complexity index is 1330. The monoisotopic (exact) mass is 510 g/mol. The molecule has 0 spiro atoms. The number of anilines is 1.